The molecule has 2 N–H and O–H groups in total. The van der Waals surface area contributed by atoms with Crippen molar-refractivity contribution in [2.75, 3.05) is 6.54 Å². The topological polar surface area (TPSA) is 64.9 Å². The first kappa shape index (κ1) is 14.2. The van der Waals surface area contributed by atoms with E-state index in [0.717, 1.165) is 22.9 Å². The summed E-state index contributed by atoms with van der Waals surface area (Å²) in [4.78, 5) is 4.43. The van der Waals surface area contributed by atoms with E-state index in [1.165, 1.54) is 5.56 Å². The Morgan fingerprint density at radius 3 is 2.84 bits per heavy atom. The number of hydrogen-bond acceptors (Lipinski definition) is 4. The third-order valence-electron chi connectivity index (χ3n) is 3.27. The Morgan fingerprint density at radius 2 is 2.21 bits per heavy atom. The fourth-order valence-electron chi connectivity index (χ4n) is 1.83. The van der Waals surface area contributed by atoms with Gasteiger partial charge in [0.1, 0.15) is 0 Å². The van der Waals surface area contributed by atoms with E-state index in [9.17, 15) is 0 Å². The van der Waals surface area contributed by atoms with Gasteiger partial charge in [-0.1, -0.05) is 46.6 Å². The summed E-state index contributed by atoms with van der Waals surface area (Å²) >= 11 is 3.51. The molecular weight excluding hydrogens is 306 g/mol. The molecule has 0 saturated heterocycles. The molecule has 2 rings (SSSR count). The third kappa shape index (κ3) is 3.42. The van der Waals surface area contributed by atoms with Crippen molar-refractivity contribution in [3.05, 3.63) is 34.1 Å². The number of aromatic nitrogens is 2. The van der Waals surface area contributed by atoms with Crippen LogP contribution in [0.3, 0.4) is 0 Å². The number of benzene rings is 1. The normalized spacial score (nSPS) is 12.6. The molecule has 1 heterocycles. The number of halogens is 1. The molecule has 1 aromatic carbocycles. The minimum absolute atomic E-state index is 0.401. The lowest BCUT2D eigenvalue weighted by molar-refractivity contribution is 0.350. The Labute approximate surface area is 121 Å². The van der Waals surface area contributed by atoms with Crippen molar-refractivity contribution < 1.29 is 4.52 Å². The van der Waals surface area contributed by atoms with Gasteiger partial charge in [0.25, 0.3) is 0 Å². The SMILES string of the molecule is CCC(CN)Cc1nc(-c2ccc(C)c(Br)c2)no1. The van der Waals surface area contributed by atoms with Gasteiger partial charge in [0.2, 0.25) is 11.7 Å². The zero-order valence-corrected chi connectivity index (χ0v) is 12.8. The maximum absolute atomic E-state index is 5.69. The van der Waals surface area contributed by atoms with Gasteiger partial charge in [-0.15, -0.1) is 0 Å². The van der Waals surface area contributed by atoms with Gasteiger partial charge in [-0.3, -0.25) is 0 Å². The monoisotopic (exact) mass is 323 g/mol. The first-order chi connectivity index (χ1) is 9.13. The molecule has 4 nitrogen and oxygen atoms in total. The summed E-state index contributed by atoms with van der Waals surface area (Å²) in [6, 6.07) is 6.03. The molecule has 5 heteroatoms. The van der Waals surface area contributed by atoms with Crippen LogP contribution in [0.4, 0.5) is 0 Å². The molecule has 2 aromatic rings. The molecule has 0 aliphatic rings. The maximum Gasteiger partial charge on any atom is 0.227 e. The van der Waals surface area contributed by atoms with Crippen LogP contribution in [0.2, 0.25) is 0 Å². The predicted octanol–water partition coefficient (Wildman–Crippen LogP) is 3.33. The minimum atomic E-state index is 0.401. The second-order valence-electron chi connectivity index (χ2n) is 4.69. The summed E-state index contributed by atoms with van der Waals surface area (Å²) in [6.45, 7) is 4.80. The molecule has 0 bridgehead atoms. The first-order valence-corrected chi connectivity index (χ1v) is 7.22. The fourth-order valence-corrected chi connectivity index (χ4v) is 2.21. The molecule has 0 spiro atoms. The lowest BCUT2D eigenvalue weighted by Gasteiger charge is -2.07. The molecule has 1 atom stereocenters. The summed E-state index contributed by atoms with van der Waals surface area (Å²) < 4.78 is 6.34. The Balaban J connectivity index is 2.18. The van der Waals surface area contributed by atoms with Gasteiger partial charge in [0, 0.05) is 16.5 Å². The van der Waals surface area contributed by atoms with Gasteiger partial charge in [0.15, 0.2) is 0 Å². The number of nitrogens with zero attached hydrogens (tertiary/aromatic N) is 2. The molecule has 0 saturated carbocycles. The first-order valence-electron chi connectivity index (χ1n) is 6.43. The van der Waals surface area contributed by atoms with Gasteiger partial charge in [-0.25, -0.2) is 0 Å². The number of aryl methyl sites for hydroxylation is 1. The fraction of sp³-hybridized carbons (Fsp3) is 0.429. The summed E-state index contributed by atoms with van der Waals surface area (Å²) in [6.07, 6.45) is 1.76. The van der Waals surface area contributed by atoms with Gasteiger partial charge in [-0.2, -0.15) is 4.98 Å². The lowest BCUT2D eigenvalue weighted by atomic mass is 10.0. The standard InChI is InChI=1S/C14H18BrN3O/c1-3-10(8-16)6-13-17-14(18-19-13)11-5-4-9(2)12(15)7-11/h4-5,7,10H,3,6,8,16H2,1-2H3. The van der Waals surface area contributed by atoms with Crippen LogP contribution >= 0.6 is 15.9 Å². The molecule has 0 fully saturated rings. The molecular formula is C14H18BrN3O. The van der Waals surface area contributed by atoms with Gasteiger partial charge < -0.3 is 10.3 Å². The van der Waals surface area contributed by atoms with Crippen molar-refractivity contribution in [2.45, 2.75) is 26.7 Å². The zero-order valence-electron chi connectivity index (χ0n) is 11.2. The second-order valence-corrected chi connectivity index (χ2v) is 5.54. The van der Waals surface area contributed by atoms with Crippen LogP contribution in [0, 0.1) is 12.8 Å². The van der Waals surface area contributed by atoms with E-state index in [-0.39, 0.29) is 0 Å². The van der Waals surface area contributed by atoms with Crippen LogP contribution < -0.4 is 5.73 Å². The molecule has 1 unspecified atom stereocenters. The van der Waals surface area contributed by atoms with Crippen LogP contribution in [0.1, 0.15) is 24.8 Å². The van der Waals surface area contributed by atoms with Crippen LogP contribution in [0.15, 0.2) is 27.2 Å². The van der Waals surface area contributed by atoms with E-state index in [2.05, 4.69) is 33.0 Å². The second kappa shape index (κ2) is 6.30. The average Bonchev–Trinajstić information content (AvgIpc) is 2.87. The Kier molecular flexibility index (Phi) is 4.71. The average molecular weight is 324 g/mol. The van der Waals surface area contributed by atoms with E-state index in [4.69, 9.17) is 10.3 Å². The molecule has 0 radical (unpaired) electrons. The smallest absolute Gasteiger partial charge is 0.227 e. The van der Waals surface area contributed by atoms with E-state index in [1.807, 2.05) is 25.1 Å². The van der Waals surface area contributed by atoms with Gasteiger partial charge in [-0.05, 0) is 31.0 Å². The summed E-state index contributed by atoms with van der Waals surface area (Å²) in [5.74, 6) is 1.68. The third-order valence-corrected chi connectivity index (χ3v) is 4.13. The highest BCUT2D eigenvalue weighted by atomic mass is 79.9. The van der Waals surface area contributed by atoms with Crippen molar-refractivity contribution in [3.8, 4) is 11.4 Å². The molecule has 0 aliphatic carbocycles. The van der Waals surface area contributed by atoms with Gasteiger partial charge >= 0.3 is 0 Å². The Hall–Kier alpha value is -1.20. The summed E-state index contributed by atoms with van der Waals surface area (Å²) in [7, 11) is 0. The highest BCUT2D eigenvalue weighted by Crippen LogP contribution is 2.24. The Morgan fingerprint density at radius 1 is 1.42 bits per heavy atom. The van der Waals surface area contributed by atoms with E-state index >= 15 is 0 Å². The van der Waals surface area contributed by atoms with Crippen molar-refractivity contribution in [3.63, 3.8) is 0 Å². The minimum Gasteiger partial charge on any atom is -0.339 e. The maximum atomic E-state index is 5.69. The number of hydrogen-bond donors (Lipinski definition) is 1. The summed E-state index contributed by atoms with van der Waals surface area (Å²) in [5.41, 5.74) is 7.82. The quantitative estimate of drug-likeness (QED) is 0.916. The molecule has 0 aliphatic heterocycles. The number of rotatable bonds is 5. The molecule has 0 amide bonds. The zero-order chi connectivity index (χ0) is 13.8. The Bertz CT molecular complexity index is 549. The van der Waals surface area contributed by atoms with E-state index < -0.39 is 0 Å². The van der Waals surface area contributed by atoms with Gasteiger partial charge in [0.05, 0.1) is 0 Å². The largest absolute Gasteiger partial charge is 0.339 e. The highest BCUT2D eigenvalue weighted by molar-refractivity contribution is 9.10. The molecule has 19 heavy (non-hydrogen) atoms. The van der Waals surface area contributed by atoms with Crippen LogP contribution in [0.25, 0.3) is 11.4 Å². The summed E-state index contributed by atoms with van der Waals surface area (Å²) in [5, 5.41) is 4.03. The highest BCUT2D eigenvalue weighted by Gasteiger charge is 2.13. The van der Waals surface area contributed by atoms with Crippen molar-refractivity contribution in [2.24, 2.45) is 11.7 Å². The van der Waals surface area contributed by atoms with E-state index in [1.54, 1.807) is 0 Å². The van der Waals surface area contributed by atoms with Crippen LogP contribution in [0.5, 0.6) is 0 Å². The predicted molar refractivity (Wildman–Crippen MR) is 78.7 cm³/mol. The van der Waals surface area contributed by atoms with Crippen molar-refractivity contribution in [1.82, 2.24) is 10.1 Å². The molecule has 102 valence electrons. The van der Waals surface area contributed by atoms with Crippen molar-refractivity contribution >= 4 is 15.9 Å². The lowest BCUT2D eigenvalue weighted by Crippen LogP contribution is -2.15. The molecule has 1 aromatic heterocycles. The van der Waals surface area contributed by atoms with Crippen LogP contribution in [-0.2, 0) is 6.42 Å². The number of nitrogens with two attached hydrogens (primary N) is 1. The van der Waals surface area contributed by atoms with Crippen molar-refractivity contribution in [1.29, 1.82) is 0 Å². The van der Waals surface area contributed by atoms with Crippen LogP contribution in [-0.4, -0.2) is 16.7 Å². The van der Waals surface area contributed by atoms with E-state index in [0.29, 0.717) is 24.2 Å².